The highest BCUT2D eigenvalue weighted by Gasteiger charge is 2.31. The SMILES string of the molecule is O=C(Cn1cc(C(F)(F)F)ccc1=O)Nc1cccc(Oc2ccccc2)c1. The molecule has 0 radical (unpaired) electrons. The fraction of sp³-hybridized carbons (Fsp3) is 0.100. The van der Waals surface area contributed by atoms with Gasteiger partial charge in [0, 0.05) is 24.0 Å². The average Bonchev–Trinajstić information content (AvgIpc) is 2.64. The van der Waals surface area contributed by atoms with Crippen molar-refractivity contribution in [1.29, 1.82) is 0 Å². The van der Waals surface area contributed by atoms with Crippen molar-refractivity contribution in [1.82, 2.24) is 4.57 Å². The number of carbonyl (C=O) groups excluding carboxylic acids is 1. The topological polar surface area (TPSA) is 60.3 Å². The molecule has 3 rings (SSSR count). The Kier molecular flexibility index (Phi) is 5.49. The van der Waals surface area contributed by atoms with Crippen LogP contribution in [0.1, 0.15) is 5.56 Å². The van der Waals surface area contributed by atoms with Crippen molar-refractivity contribution < 1.29 is 22.7 Å². The molecule has 0 aliphatic carbocycles. The number of hydrogen-bond donors (Lipinski definition) is 1. The Morgan fingerprint density at radius 1 is 0.964 bits per heavy atom. The number of pyridine rings is 1. The maximum Gasteiger partial charge on any atom is 0.417 e. The van der Waals surface area contributed by atoms with Gasteiger partial charge in [0.2, 0.25) is 5.91 Å². The molecule has 144 valence electrons. The number of alkyl halides is 3. The number of nitrogens with one attached hydrogen (secondary N) is 1. The van der Waals surface area contributed by atoms with Crippen LogP contribution in [0.15, 0.2) is 77.7 Å². The number of hydrogen-bond acceptors (Lipinski definition) is 3. The molecule has 28 heavy (non-hydrogen) atoms. The van der Waals surface area contributed by atoms with Crippen molar-refractivity contribution in [2.45, 2.75) is 12.7 Å². The minimum absolute atomic E-state index is 0.387. The minimum atomic E-state index is -4.60. The van der Waals surface area contributed by atoms with Crippen LogP contribution < -0.4 is 15.6 Å². The van der Waals surface area contributed by atoms with Crippen LogP contribution >= 0.6 is 0 Å². The Labute approximate surface area is 158 Å². The van der Waals surface area contributed by atoms with Gasteiger partial charge in [-0.15, -0.1) is 0 Å². The molecule has 5 nitrogen and oxygen atoms in total. The van der Waals surface area contributed by atoms with Crippen molar-refractivity contribution in [3.8, 4) is 11.5 Å². The molecule has 8 heteroatoms. The number of para-hydroxylation sites is 1. The molecule has 1 aromatic heterocycles. The van der Waals surface area contributed by atoms with Gasteiger partial charge in [0.05, 0.1) is 5.56 Å². The highest BCUT2D eigenvalue weighted by atomic mass is 19.4. The van der Waals surface area contributed by atoms with Crippen LogP contribution in [0.5, 0.6) is 11.5 Å². The van der Waals surface area contributed by atoms with Gasteiger partial charge in [-0.25, -0.2) is 0 Å². The number of anilines is 1. The predicted molar refractivity (Wildman–Crippen MR) is 97.3 cm³/mol. The molecular weight excluding hydrogens is 373 g/mol. The lowest BCUT2D eigenvalue weighted by atomic mass is 10.2. The summed E-state index contributed by atoms with van der Waals surface area (Å²) in [6.45, 7) is -0.549. The van der Waals surface area contributed by atoms with Gasteiger partial charge in [0.1, 0.15) is 18.0 Å². The summed E-state index contributed by atoms with van der Waals surface area (Å²) < 4.78 is 44.7. The molecule has 3 aromatic rings. The summed E-state index contributed by atoms with van der Waals surface area (Å²) in [4.78, 5) is 23.9. The number of nitrogens with zero attached hydrogens (tertiary/aromatic N) is 1. The molecule has 0 bridgehead atoms. The first-order valence-corrected chi connectivity index (χ1v) is 8.22. The normalized spacial score (nSPS) is 11.1. The van der Waals surface area contributed by atoms with E-state index in [1.54, 1.807) is 36.4 Å². The second-order valence-corrected chi connectivity index (χ2v) is 5.87. The van der Waals surface area contributed by atoms with Gasteiger partial charge in [0.25, 0.3) is 5.56 Å². The van der Waals surface area contributed by atoms with Gasteiger partial charge in [-0.2, -0.15) is 13.2 Å². The van der Waals surface area contributed by atoms with E-state index in [2.05, 4.69) is 5.32 Å². The van der Waals surface area contributed by atoms with Crippen LogP contribution in [-0.4, -0.2) is 10.5 Å². The molecule has 0 saturated heterocycles. The smallest absolute Gasteiger partial charge is 0.417 e. The predicted octanol–water partition coefficient (Wildman–Crippen LogP) is 4.30. The number of aromatic nitrogens is 1. The van der Waals surface area contributed by atoms with Gasteiger partial charge < -0.3 is 14.6 Å². The summed E-state index contributed by atoms with van der Waals surface area (Å²) in [5, 5.41) is 2.54. The van der Waals surface area contributed by atoms with E-state index in [9.17, 15) is 22.8 Å². The molecule has 0 spiro atoms. The standard InChI is InChI=1S/C20H15F3N2O3/c21-20(22,23)14-9-10-19(27)25(12-14)13-18(26)24-15-5-4-8-17(11-15)28-16-6-2-1-3-7-16/h1-12H,13H2,(H,24,26). The first-order valence-electron chi connectivity index (χ1n) is 8.22. The molecule has 1 N–H and O–H groups in total. The van der Waals surface area contributed by atoms with E-state index in [4.69, 9.17) is 4.74 Å². The Morgan fingerprint density at radius 3 is 2.39 bits per heavy atom. The Bertz CT molecular complexity index is 1030. The highest BCUT2D eigenvalue weighted by molar-refractivity contribution is 5.90. The van der Waals surface area contributed by atoms with Gasteiger partial charge in [-0.1, -0.05) is 24.3 Å². The molecule has 1 amide bonds. The number of carbonyl (C=O) groups is 1. The lowest BCUT2D eigenvalue weighted by molar-refractivity contribution is -0.138. The summed E-state index contributed by atoms with van der Waals surface area (Å²) in [6.07, 6.45) is -3.98. The van der Waals surface area contributed by atoms with Crippen molar-refractivity contribution in [2.24, 2.45) is 0 Å². The maximum atomic E-state index is 12.8. The molecular formula is C20H15F3N2O3. The van der Waals surface area contributed by atoms with Crippen LogP contribution in [0.4, 0.5) is 18.9 Å². The largest absolute Gasteiger partial charge is 0.457 e. The first kappa shape index (κ1) is 19.2. The van der Waals surface area contributed by atoms with Gasteiger partial charge in [0.15, 0.2) is 0 Å². The van der Waals surface area contributed by atoms with E-state index in [0.29, 0.717) is 34.0 Å². The molecule has 0 atom stereocenters. The first-order chi connectivity index (χ1) is 13.3. The zero-order valence-corrected chi connectivity index (χ0v) is 14.4. The van der Waals surface area contributed by atoms with E-state index in [1.807, 2.05) is 18.2 Å². The average molecular weight is 388 g/mol. The molecule has 0 fully saturated rings. The molecule has 0 aliphatic heterocycles. The summed E-state index contributed by atoms with van der Waals surface area (Å²) in [5.74, 6) is 0.444. The van der Waals surface area contributed by atoms with Crippen LogP contribution in [0.25, 0.3) is 0 Å². The van der Waals surface area contributed by atoms with Crippen molar-refractivity contribution in [3.63, 3.8) is 0 Å². The lowest BCUT2D eigenvalue weighted by Crippen LogP contribution is -2.28. The third kappa shape index (κ3) is 5.00. The fourth-order valence-corrected chi connectivity index (χ4v) is 2.44. The number of rotatable bonds is 5. The Hall–Kier alpha value is -3.55. The monoisotopic (exact) mass is 388 g/mol. The summed E-state index contributed by atoms with van der Waals surface area (Å²) >= 11 is 0. The van der Waals surface area contributed by atoms with Crippen molar-refractivity contribution in [3.05, 3.63) is 88.8 Å². The fourth-order valence-electron chi connectivity index (χ4n) is 2.44. The van der Waals surface area contributed by atoms with E-state index in [0.717, 1.165) is 6.07 Å². The second-order valence-electron chi connectivity index (χ2n) is 5.87. The minimum Gasteiger partial charge on any atom is -0.457 e. The van der Waals surface area contributed by atoms with E-state index in [1.165, 1.54) is 0 Å². The number of amides is 1. The van der Waals surface area contributed by atoms with E-state index < -0.39 is 29.8 Å². The quantitative estimate of drug-likeness (QED) is 0.709. The number of benzene rings is 2. The van der Waals surface area contributed by atoms with Gasteiger partial charge in [-0.3, -0.25) is 9.59 Å². The molecule has 1 heterocycles. The zero-order chi connectivity index (χ0) is 20.1. The second kappa shape index (κ2) is 7.99. The molecule has 0 saturated carbocycles. The number of halogens is 3. The maximum absolute atomic E-state index is 12.8. The molecule has 2 aromatic carbocycles. The lowest BCUT2D eigenvalue weighted by Gasteiger charge is -2.12. The van der Waals surface area contributed by atoms with Crippen LogP contribution in [-0.2, 0) is 17.5 Å². The van der Waals surface area contributed by atoms with Crippen molar-refractivity contribution >= 4 is 11.6 Å². The molecule has 0 aliphatic rings. The summed E-state index contributed by atoms with van der Waals surface area (Å²) in [6, 6.07) is 17.0. The number of ether oxygens (including phenoxy) is 1. The van der Waals surface area contributed by atoms with E-state index >= 15 is 0 Å². The van der Waals surface area contributed by atoms with Gasteiger partial charge in [-0.05, 0) is 30.3 Å². The van der Waals surface area contributed by atoms with Crippen molar-refractivity contribution in [2.75, 3.05) is 5.32 Å². The summed E-state index contributed by atoms with van der Waals surface area (Å²) in [5.41, 5.74) is -1.32. The van der Waals surface area contributed by atoms with Crippen LogP contribution in [0.3, 0.4) is 0 Å². The summed E-state index contributed by atoms with van der Waals surface area (Å²) in [7, 11) is 0. The third-order valence-corrected chi connectivity index (χ3v) is 3.72. The highest BCUT2D eigenvalue weighted by Crippen LogP contribution is 2.28. The van der Waals surface area contributed by atoms with Gasteiger partial charge >= 0.3 is 6.18 Å². The molecule has 0 unspecified atom stereocenters. The van der Waals surface area contributed by atoms with Crippen LogP contribution in [0, 0.1) is 0 Å². The Morgan fingerprint density at radius 2 is 1.68 bits per heavy atom. The van der Waals surface area contributed by atoms with Crippen LogP contribution in [0.2, 0.25) is 0 Å². The van der Waals surface area contributed by atoms with E-state index in [-0.39, 0.29) is 0 Å². The zero-order valence-electron chi connectivity index (χ0n) is 14.4. The third-order valence-electron chi connectivity index (χ3n) is 3.72. The Balaban J connectivity index is 1.70.